The van der Waals surface area contributed by atoms with Crippen LogP contribution in [0.5, 0.6) is 0 Å². The van der Waals surface area contributed by atoms with E-state index in [1.165, 1.54) is 15.6 Å². The Kier molecular flexibility index (Phi) is 5.63. The third-order valence-corrected chi connectivity index (χ3v) is 5.61. The monoisotopic (exact) mass is 399 g/mol. The van der Waals surface area contributed by atoms with Crippen molar-refractivity contribution in [1.82, 2.24) is 0 Å². The lowest BCUT2D eigenvalue weighted by molar-refractivity contribution is 0.231. The van der Waals surface area contributed by atoms with Crippen molar-refractivity contribution in [1.29, 1.82) is 0 Å². The molecule has 2 nitrogen and oxygen atoms in total. The van der Waals surface area contributed by atoms with Crippen LogP contribution in [0.1, 0.15) is 44.2 Å². The highest BCUT2D eigenvalue weighted by molar-refractivity contribution is 9.10. The number of ether oxygens (including phenoxy) is 1. The molecule has 1 heterocycles. The van der Waals surface area contributed by atoms with Gasteiger partial charge in [0.15, 0.2) is 5.90 Å². The molecule has 0 amide bonds. The molecule has 0 N–H and O–H groups in total. The molecule has 1 aliphatic rings. The van der Waals surface area contributed by atoms with Crippen LogP contribution >= 0.6 is 15.9 Å². The van der Waals surface area contributed by atoms with Crippen molar-refractivity contribution >= 4 is 21.8 Å². The van der Waals surface area contributed by atoms with Gasteiger partial charge < -0.3 is 4.74 Å². The molecule has 132 valence electrons. The number of hydrogen-bond acceptors (Lipinski definition) is 2. The number of nitrogens with zero attached hydrogens (tertiary/aromatic N) is 1. The molecule has 0 radical (unpaired) electrons. The van der Waals surface area contributed by atoms with Crippen molar-refractivity contribution in [3.05, 3.63) is 70.2 Å². The maximum Gasteiger partial charge on any atom is 0.191 e. The van der Waals surface area contributed by atoms with Crippen LogP contribution in [0, 0.1) is 5.41 Å². The van der Waals surface area contributed by atoms with Crippen molar-refractivity contribution in [2.75, 3.05) is 6.61 Å². The van der Waals surface area contributed by atoms with Gasteiger partial charge in [0.05, 0.1) is 12.0 Å². The Bertz CT molecular complexity index is 733. The first kappa shape index (κ1) is 18.2. The van der Waals surface area contributed by atoms with Crippen molar-refractivity contribution in [2.45, 2.75) is 45.6 Å². The minimum atomic E-state index is 0.130. The summed E-state index contributed by atoms with van der Waals surface area (Å²) in [5.74, 6) is 1.11. The highest BCUT2D eigenvalue weighted by atomic mass is 79.9. The van der Waals surface area contributed by atoms with Gasteiger partial charge in [-0.25, -0.2) is 4.99 Å². The molecule has 3 heteroatoms. The van der Waals surface area contributed by atoms with Gasteiger partial charge in [0.1, 0.15) is 6.61 Å². The van der Waals surface area contributed by atoms with E-state index in [0.717, 1.165) is 18.7 Å². The molecule has 25 heavy (non-hydrogen) atoms. The van der Waals surface area contributed by atoms with E-state index in [0.29, 0.717) is 6.61 Å². The van der Waals surface area contributed by atoms with Crippen LogP contribution in [-0.4, -0.2) is 18.5 Å². The Balaban J connectivity index is 1.83. The summed E-state index contributed by atoms with van der Waals surface area (Å²) in [6.45, 7) is 7.38. The molecule has 0 aliphatic carbocycles. The van der Waals surface area contributed by atoms with Crippen LogP contribution in [0.15, 0.2) is 64.1 Å². The Hall–Kier alpha value is -1.61. The molecule has 2 aromatic rings. The Morgan fingerprint density at radius 1 is 1.08 bits per heavy atom. The number of hydrogen-bond donors (Lipinski definition) is 0. The zero-order valence-corrected chi connectivity index (χ0v) is 16.8. The number of rotatable bonds is 5. The van der Waals surface area contributed by atoms with Crippen LogP contribution in [0.25, 0.3) is 0 Å². The van der Waals surface area contributed by atoms with Crippen LogP contribution in [0.3, 0.4) is 0 Å². The molecule has 0 saturated carbocycles. The highest BCUT2D eigenvalue weighted by Gasteiger charge is 2.33. The standard InChI is InChI=1S/C22H26BrNO/c1-22(2,3)20-15-25-21(24-20)18(16-9-5-4-6-10-16)14-13-17-11-7-8-12-19(17)23/h4-12,18,20H,13-15H2,1-3H3/t18?,20-/m1/s1. The molecule has 2 aromatic carbocycles. The first-order valence-electron chi connectivity index (χ1n) is 8.94. The van der Waals surface area contributed by atoms with Gasteiger partial charge in [0.25, 0.3) is 0 Å². The second kappa shape index (κ2) is 7.74. The molecule has 0 saturated heterocycles. The molecule has 0 bridgehead atoms. The van der Waals surface area contributed by atoms with E-state index in [1.807, 2.05) is 0 Å². The maximum atomic E-state index is 6.07. The van der Waals surface area contributed by atoms with Crippen LogP contribution in [-0.2, 0) is 11.2 Å². The zero-order valence-electron chi connectivity index (χ0n) is 15.2. The quantitative estimate of drug-likeness (QED) is 0.602. The summed E-state index contributed by atoms with van der Waals surface area (Å²) in [5.41, 5.74) is 2.74. The van der Waals surface area contributed by atoms with Gasteiger partial charge in [0.2, 0.25) is 0 Å². The summed E-state index contributed by atoms with van der Waals surface area (Å²) in [7, 11) is 0. The van der Waals surface area contributed by atoms with Crippen molar-refractivity contribution in [3.8, 4) is 0 Å². The first-order chi connectivity index (χ1) is 11.9. The van der Waals surface area contributed by atoms with Crippen molar-refractivity contribution < 1.29 is 4.74 Å². The molecule has 0 aromatic heterocycles. The fourth-order valence-corrected chi connectivity index (χ4v) is 3.63. The predicted molar refractivity (Wildman–Crippen MR) is 108 cm³/mol. The number of benzene rings is 2. The third-order valence-electron chi connectivity index (χ3n) is 4.83. The molecule has 1 aliphatic heterocycles. The van der Waals surface area contributed by atoms with E-state index in [2.05, 4.69) is 91.3 Å². The average molecular weight is 400 g/mol. The molecule has 0 spiro atoms. The summed E-state index contributed by atoms with van der Waals surface area (Å²) >= 11 is 3.66. The van der Waals surface area contributed by atoms with Crippen molar-refractivity contribution in [3.63, 3.8) is 0 Å². The second-order valence-electron chi connectivity index (χ2n) is 7.75. The van der Waals surface area contributed by atoms with Gasteiger partial charge in [-0.15, -0.1) is 0 Å². The summed E-state index contributed by atoms with van der Waals surface area (Å²) in [4.78, 5) is 4.95. The Labute approximate surface area is 159 Å². The number of aliphatic imine (C=N–C) groups is 1. The van der Waals surface area contributed by atoms with Crippen LogP contribution < -0.4 is 0 Å². The fraction of sp³-hybridized carbons (Fsp3) is 0.409. The lowest BCUT2D eigenvalue weighted by Crippen LogP contribution is -2.25. The van der Waals surface area contributed by atoms with E-state index < -0.39 is 0 Å². The number of halogens is 1. The largest absolute Gasteiger partial charge is 0.478 e. The van der Waals surface area contributed by atoms with Crippen molar-refractivity contribution in [2.24, 2.45) is 10.4 Å². The van der Waals surface area contributed by atoms with Gasteiger partial charge in [-0.3, -0.25) is 0 Å². The van der Waals surface area contributed by atoms with E-state index >= 15 is 0 Å². The molecule has 1 unspecified atom stereocenters. The summed E-state index contributed by atoms with van der Waals surface area (Å²) in [6, 6.07) is 19.3. The molecule has 0 fully saturated rings. The lowest BCUT2D eigenvalue weighted by Gasteiger charge is -2.22. The minimum Gasteiger partial charge on any atom is -0.478 e. The molecule has 2 atom stereocenters. The van der Waals surface area contributed by atoms with Gasteiger partial charge in [0, 0.05) is 4.47 Å². The second-order valence-corrected chi connectivity index (χ2v) is 8.61. The van der Waals surface area contributed by atoms with Gasteiger partial charge >= 0.3 is 0 Å². The van der Waals surface area contributed by atoms with Crippen LogP contribution in [0.4, 0.5) is 0 Å². The van der Waals surface area contributed by atoms with Gasteiger partial charge in [-0.2, -0.15) is 0 Å². The van der Waals surface area contributed by atoms with E-state index in [-0.39, 0.29) is 17.4 Å². The van der Waals surface area contributed by atoms with E-state index in [9.17, 15) is 0 Å². The van der Waals surface area contributed by atoms with E-state index in [1.54, 1.807) is 0 Å². The average Bonchev–Trinajstić information content (AvgIpc) is 3.08. The Morgan fingerprint density at radius 2 is 1.76 bits per heavy atom. The zero-order chi connectivity index (χ0) is 17.9. The SMILES string of the molecule is CC(C)(C)[C@H]1COC(C(CCc2ccccc2Br)c2ccccc2)=N1. The summed E-state index contributed by atoms with van der Waals surface area (Å²) in [6.07, 6.45) is 1.98. The lowest BCUT2D eigenvalue weighted by atomic mass is 9.88. The molecular weight excluding hydrogens is 374 g/mol. The predicted octanol–water partition coefficient (Wildman–Crippen LogP) is 6.01. The number of aryl methyl sites for hydroxylation is 1. The normalized spacial score (nSPS) is 18.6. The topological polar surface area (TPSA) is 21.6 Å². The van der Waals surface area contributed by atoms with Crippen LogP contribution in [0.2, 0.25) is 0 Å². The minimum absolute atomic E-state index is 0.130. The Morgan fingerprint density at radius 3 is 2.40 bits per heavy atom. The van der Waals surface area contributed by atoms with Gasteiger partial charge in [-0.05, 0) is 35.4 Å². The van der Waals surface area contributed by atoms with E-state index in [4.69, 9.17) is 9.73 Å². The third kappa shape index (κ3) is 4.52. The smallest absolute Gasteiger partial charge is 0.191 e. The fourth-order valence-electron chi connectivity index (χ4n) is 3.15. The highest BCUT2D eigenvalue weighted by Crippen LogP contribution is 2.32. The summed E-state index contributed by atoms with van der Waals surface area (Å²) in [5, 5.41) is 0. The first-order valence-corrected chi connectivity index (χ1v) is 9.73. The van der Waals surface area contributed by atoms with Gasteiger partial charge in [-0.1, -0.05) is 85.2 Å². The summed E-state index contributed by atoms with van der Waals surface area (Å²) < 4.78 is 7.24. The molecular formula is C22H26BrNO. The maximum absolute atomic E-state index is 6.07. The molecule has 3 rings (SSSR count).